The van der Waals surface area contributed by atoms with Gasteiger partial charge < -0.3 is 0 Å². The zero-order valence-electron chi connectivity index (χ0n) is 13.4. The highest BCUT2D eigenvalue weighted by atomic mass is 32.2. The number of nitrogens with zero attached hydrogens (tertiary/aromatic N) is 2. The van der Waals surface area contributed by atoms with Crippen molar-refractivity contribution in [1.82, 2.24) is 0 Å². The molecule has 1 aromatic rings. The maximum atomic E-state index is 12.6. The van der Waals surface area contributed by atoms with Gasteiger partial charge in [-0.15, -0.1) is 0 Å². The van der Waals surface area contributed by atoms with Crippen LogP contribution in [-0.4, -0.2) is 19.4 Å². The Morgan fingerprint density at radius 1 is 1.12 bits per heavy atom. The molecule has 0 spiro atoms. The van der Waals surface area contributed by atoms with Gasteiger partial charge in [0.05, 0.1) is 27.9 Å². The molecular formula is C17H18N2O5S. The fourth-order valence-electron chi connectivity index (χ4n) is 5.14. The topological polar surface area (TPSA) is 110 Å². The molecule has 0 radical (unpaired) electrons. The molecule has 4 fully saturated rings. The Hall–Kier alpha value is -1.98. The van der Waals surface area contributed by atoms with Crippen molar-refractivity contribution in [2.75, 3.05) is 0 Å². The van der Waals surface area contributed by atoms with Gasteiger partial charge in [-0.05, 0) is 55.6 Å². The number of hydrogen-bond acceptors (Lipinski definition) is 6. The third kappa shape index (κ3) is 2.71. The second kappa shape index (κ2) is 5.78. The second-order valence-electron chi connectivity index (χ2n) is 7.41. The van der Waals surface area contributed by atoms with Crippen LogP contribution in [-0.2, 0) is 14.3 Å². The quantitative estimate of drug-likeness (QED) is 0.463. The number of non-ortho nitro benzene ring substituents is 1. The van der Waals surface area contributed by atoms with E-state index in [1.807, 2.05) is 0 Å². The number of nitro benzene ring substituents is 1. The molecule has 4 aliphatic carbocycles. The van der Waals surface area contributed by atoms with E-state index >= 15 is 0 Å². The first-order valence-electron chi connectivity index (χ1n) is 8.46. The van der Waals surface area contributed by atoms with Crippen LogP contribution in [0.15, 0.2) is 29.2 Å². The van der Waals surface area contributed by atoms with E-state index < -0.39 is 21.1 Å². The van der Waals surface area contributed by atoms with Crippen LogP contribution < -0.4 is 0 Å². The lowest BCUT2D eigenvalue weighted by molar-refractivity contribution is -0.384. The predicted octanol–water partition coefficient (Wildman–Crippen LogP) is 2.87. The first-order chi connectivity index (χ1) is 11.9. The number of benzene rings is 1. The van der Waals surface area contributed by atoms with Crippen molar-refractivity contribution in [2.45, 2.75) is 36.7 Å². The largest absolute Gasteiger partial charge is 0.297 e. The Bertz CT molecular complexity index is 845. The lowest BCUT2D eigenvalue weighted by atomic mass is 9.51. The van der Waals surface area contributed by atoms with E-state index in [1.54, 1.807) is 0 Å². The molecule has 0 saturated heterocycles. The van der Waals surface area contributed by atoms with Gasteiger partial charge in [0.1, 0.15) is 0 Å². The minimum atomic E-state index is -4.01. The summed E-state index contributed by atoms with van der Waals surface area (Å²) < 4.78 is 30.8. The SMILES string of the molecule is N#C[C@H]1[C@H]2C[C@H]3C[C@@H](C2)[C@H](OS(=O)(=O)c2ccc([N+](=O)[O-])cc2)[C@H]1C3. The molecule has 0 N–H and O–H groups in total. The molecule has 1 aromatic carbocycles. The molecule has 7 nitrogen and oxygen atoms in total. The lowest BCUT2D eigenvalue weighted by Gasteiger charge is -2.55. The molecule has 4 aliphatic rings. The molecule has 0 amide bonds. The van der Waals surface area contributed by atoms with Crippen LogP contribution in [0.4, 0.5) is 5.69 Å². The van der Waals surface area contributed by atoms with Crippen LogP contribution >= 0.6 is 0 Å². The van der Waals surface area contributed by atoms with E-state index in [4.69, 9.17) is 4.18 Å². The highest BCUT2D eigenvalue weighted by molar-refractivity contribution is 7.86. The van der Waals surface area contributed by atoms with Gasteiger partial charge >= 0.3 is 0 Å². The molecular weight excluding hydrogens is 344 g/mol. The minimum absolute atomic E-state index is 0.0333. The van der Waals surface area contributed by atoms with E-state index in [2.05, 4.69) is 6.07 Å². The average Bonchev–Trinajstić information content (AvgIpc) is 2.58. The van der Waals surface area contributed by atoms with Crippen molar-refractivity contribution in [3.63, 3.8) is 0 Å². The summed E-state index contributed by atoms with van der Waals surface area (Å²) in [5.41, 5.74) is -0.168. The molecule has 0 unspecified atom stereocenters. The fraction of sp³-hybridized carbons (Fsp3) is 0.588. The Kier molecular flexibility index (Phi) is 3.81. The summed E-state index contributed by atoms with van der Waals surface area (Å²) in [5, 5.41) is 20.2. The average molecular weight is 362 g/mol. The number of hydrogen-bond donors (Lipinski definition) is 0. The lowest BCUT2D eigenvalue weighted by Crippen LogP contribution is -2.54. The van der Waals surface area contributed by atoms with Crippen molar-refractivity contribution in [2.24, 2.45) is 29.6 Å². The van der Waals surface area contributed by atoms with Crippen molar-refractivity contribution < 1.29 is 17.5 Å². The summed E-state index contributed by atoms with van der Waals surface area (Å²) in [6, 6.07) is 7.09. The normalized spacial score (nSPS) is 36.1. The Labute approximate surface area is 145 Å². The monoisotopic (exact) mass is 362 g/mol. The van der Waals surface area contributed by atoms with Crippen LogP contribution in [0.25, 0.3) is 0 Å². The maximum absolute atomic E-state index is 12.6. The van der Waals surface area contributed by atoms with E-state index in [9.17, 15) is 23.8 Å². The number of nitro groups is 1. The third-order valence-corrected chi connectivity index (χ3v) is 7.39. The van der Waals surface area contributed by atoms with Crippen molar-refractivity contribution in [3.05, 3.63) is 34.4 Å². The van der Waals surface area contributed by atoms with Gasteiger partial charge in [0.15, 0.2) is 0 Å². The second-order valence-corrected chi connectivity index (χ2v) is 8.99. The van der Waals surface area contributed by atoms with Crippen molar-refractivity contribution in [3.8, 4) is 6.07 Å². The highest BCUT2D eigenvalue weighted by Gasteiger charge is 2.55. The number of rotatable bonds is 4. The molecule has 4 bridgehead atoms. The molecule has 8 heteroatoms. The van der Waals surface area contributed by atoms with E-state index in [0.29, 0.717) is 11.8 Å². The Morgan fingerprint density at radius 3 is 2.44 bits per heavy atom. The van der Waals surface area contributed by atoms with Gasteiger partial charge in [-0.1, -0.05) is 0 Å². The van der Waals surface area contributed by atoms with Crippen LogP contribution in [0, 0.1) is 51.0 Å². The molecule has 6 atom stereocenters. The summed E-state index contributed by atoms with van der Waals surface area (Å²) in [5.74, 6) is 0.966. The minimum Gasteiger partial charge on any atom is -0.262 e. The summed E-state index contributed by atoms with van der Waals surface area (Å²) in [6.07, 6.45) is 3.29. The molecule has 5 rings (SSSR count). The van der Waals surface area contributed by atoms with Crippen molar-refractivity contribution >= 4 is 15.8 Å². The van der Waals surface area contributed by atoms with E-state index in [0.717, 1.165) is 37.8 Å². The Balaban J connectivity index is 1.58. The van der Waals surface area contributed by atoms with Gasteiger partial charge in [0.25, 0.3) is 15.8 Å². The molecule has 25 heavy (non-hydrogen) atoms. The summed E-state index contributed by atoms with van der Waals surface area (Å²) in [7, 11) is -4.01. The zero-order chi connectivity index (χ0) is 17.8. The van der Waals surface area contributed by atoms with Crippen LogP contribution in [0.3, 0.4) is 0 Å². The van der Waals surface area contributed by atoms with E-state index in [-0.39, 0.29) is 28.3 Å². The third-order valence-electron chi connectivity index (χ3n) is 6.06. The number of nitriles is 1. The first-order valence-corrected chi connectivity index (χ1v) is 9.87. The first kappa shape index (κ1) is 16.5. The molecule has 0 aliphatic heterocycles. The van der Waals surface area contributed by atoms with Gasteiger partial charge in [-0.3, -0.25) is 14.3 Å². The van der Waals surface area contributed by atoms with Crippen molar-refractivity contribution in [1.29, 1.82) is 5.26 Å². The van der Waals surface area contributed by atoms with E-state index in [1.165, 1.54) is 12.1 Å². The summed E-state index contributed by atoms with van der Waals surface area (Å²) in [4.78, 5) is 10.0. The smallest absolute Gasteiger partial charge is 0.262 e. The van der Waals surface area contributed by atoms with Gasteiger partial charge in [0, 0.05) is 18.1 Å². The molecule has 4 saturated carbocycles. The molecule has 0 aromatic heterocycles. The predicted molar refractivity (Wildman–Crippen MR) is 86.7 cm³/mol. The highest BCUT2D eigenvalue weighted by Crippen LogP contribution is 2.57. The standard InChI is InChI=1S/C17H18N2O5S/c18-9-16-11-5-10-6-12(8-11)17(15(16)7-10)24-25(22,23)14-3-1-13(2-4-14)19(20)21/h1-4,10-12,15-17H,5-8H2/t10-,11-,12-,15-,16-,17-/m0/s1. The summed E-state index contributed by atoms with van der Waals surface area (Å²) in [6.45, 7) is 0. The molecule has 0 heterocycles. The van der Waals surface area contributed by atoms with Gasteiger partial charge in [-0.2, -0.15) is 13.7 Å². The van der Waals surface area contributed by atoms with Gasteiger partial charge in [-0.25, -0.2) is 0 Å². The Morgan fingerprint density at radius 2 is 1.80 bits per heavy atom. The summed E-state index contributed by atoms with van der Waals surface area (Å²) >= 11 is 0. The van der Waals surface area contributed by atoms with Crippen LogP contribution in [0.2, 0.25) is 0 Å². The fourth-order valence-corrected chi connectivity index (χ4v) is 6.32. The zero-order valence-corrected chi connectivity index (χ0v) is 14.3. The van der Waals surface area contributed by atoms with Crippen LogP contribution in [0.1, 0.15) is 25.7 Å². The van der Waals surface area contributed by atoms with Crippen LogP contribution in [0.5, 0.6) is 0 Å². The molecule has 132 valence electrons. The van der Waals surface area contributed by atoms with Gasteiger partial charge in [0.2, 0.25) is 0 Å². The maximum Gasteiger partial charge on any atom is 0.297 e.